The molecule has 106 valence electrons. The Hall–Kier alpha value is -0.860. The second kappa shape index (κ2) is 6.06. The number of hydrogen-bond donors (Lipinski definition) is 1. The number of nitrogens with two attached hydrogens (primary N) is 1. The van der Waals surface area contributed by atoms with Crippen LogP contribution < -0.4 is 5.73 Å². The second-order valence-corrected chi connectivity index (χ2v) is 5.96. The van der Waals surface area contributed by atoms with Crippen molar-refractivity contribution in [2.45, 2.75) is 57.5 Å². The first kappa shape index (κ1) is 14.5. The molecule has 0 amide bonds. The van der Waals surface area contributed by atoms with Gasteiger partial charge >= 0.3 is 0 Å². The van der Waals surface area contributed by atoms with Crippen LogP contribution in [0.1, 0.15) is 44.2 Å². The van der Waals surface area contributed by atoms with Gasteiger partial charge in [-0.2, -0.15) is 0 Å². The van der Waals surface area contributed by atoms with Crippen LogP contribution in [0.4, 0.5) is 0 Å². The van der Waals surface area contributed by atoms with Gasteiger partial charge in [0.25, 0.3) is 0 Å². The lowest BCUT2D eigenvalue weighted by molar-refractivity contribution is 0.0594. The minimum absolute atomic E-state index is 0.158. The number of nitrogens with zero attached hydrogens (tertiary/aromatic N) is 1. The molecule has 1 aromatic rings. The van der Waals surface area contributed by atoms with Gasteiger partial charge in [-0.1, -0.05) is 38.1 Å². The van der Waals surface area contributed by atoms with E-state index < -0.39 is 0 Å². The highest BCUT2D eigenvalue weighted by Crippen LogP contribution is 2.34. The third-order valence-electron chi connectivity index (χ3n) is 5.12. The third kappa shape index (κ3) is 2.70. The molecule has 0 saturated carbocycles. The Balaban J connectivity index is 2.26. The van der Waals surface area contributed by atoms with Gasteiger partial charge in [0.2, 0.25) is 0 Å². The van der Waals surface area contributed by atoms with Crippen molar-refractivity contribution in [3.8, 4) is 0 Å². The molecule has 1 aromatic carbocycles. The Morgan fingerprint density at radius 1 is 1.21 bits per heavy atom. The summed E-state index contributed by atoms with van der Waals surface area (Å²) >= 11 is 0. The zero-order valence-electron chi connectivity index (χ0n) is 12.7. The van der Waals surface area contributed by atoms with Crippen molar-refractivity contribution in [1.82, 2.24) is 4.90 Å². The van der Waals surface area contributed by atoms with Crippen LogP contribution in [0.3, 0.4) is 0 Å². The van der Waals surface area contributed by atoms with E-state index in [4.69, 9.17) is 5.73 Å². The molecule has 0 heterocycles. The summed E-state index contributed by atoms with van der Waals surface area (Å²) in [6.45, 7) is 5.33. The summed E-state index contributed by atoms with van der Waals surface area (Å²) in [5.74, 6) is 0. The first-order chi connectivity index (χ1) is 9.16. The van der Waals surface area contributed by atoms with Crippen LogP contribution in [0.25, 0.3) is 0 Å². The maximum Gasteiger partial charge on any atom is 0.0375 e. The van der Waals surface area contributed by atoms with Gasteiger partial charge in [0, 0.05) is 18.1 Å². The van der Waals surface area contributed by atoms with Crippen LogP contribution in [-0.4, -0.2) is 30.1 Å². The molecular formula is C17H28N2. The summed E-state index contributed by atoms with van der Waals surface area (Å²) in [6, 6.07) is 9.50. The Kier molecular flexibility index (Phi) is 4.64. The van der Waals surface area contributed by atoms with E-state index in [1.54, 1.807) is 0 Å². The lowest BCUT2D eigenvalue weighted by Crippen LogP contribution is -2.58. The maximum atomic E-state index is 6.20. The summed E-state index contributed by atoms with van der Waals surface area (Å²) in [7, 11) is 2.28. The average Bonchev–Trinajstić information content (AvgIpc) is 2.47. The zero-order chi connectivity index (χ0) is 13.9. The minimum Gasteiger partial charge on any atom is -0.329 e. The second-order valence-electron chi connectivity index (χ2n) is 5.96. The SMILES string of the molecule is CCC(CC)N(C)C1(CN)CCc2ccccc2C1. The Morgan fingerprint density at radius 2 is 1.84 bits per heavy atom. The monoisotopic (exact) mass is 260 g/mol. The number of benzene rings is 1. The molecule has 0 aromatic heterocycles. The smallest absolute Gasteiger partial charge is 0.0375 e. The van der Waals surface area contributed by atoms with Crippen molar-refractivity contribution in [2.24, 2.45) is 5.73 Å². The Morgan fingerprint density at radius 3 is 2.42 bits per heavy atom. The van der Waals surface area contributed by atoms with E-state index in [0.29, 0.717) is 6.04 Å². The highest BCUT2D eigenvalue weighted by molar-refractivity contribution is 5.32. The summed E-state index contributed by atoms with van der Waals surface area (Å²) < 4.78 is 0. The molecule has 0 bridgehead atoms. The summed E-state index contributed by atoms with van der Waals surface area (Å²) in [4.78, 5) is 2.57. The van der Waals surface area contributed by atoms with Crippen LogP contribution in [0.2, 0.25) is 0 Å². The molecular weight excluding hydrogens is 232 g/mol. The molecule has 2 rings (SSSR count). The van der Waals surface area contributed by atoms with Gasteiger partial charge in [0.15, 0.2) is 0 Å². The van der Waals surface area contributed by atoms with E-state index in [1.165, 1.54) is 30.4 Å². The van der Waals surface area contributed by atoms with Gasteiger partial charge in [-0.3, -0.25) is 4.90 Å². The third-order valence-corrected chi connectivity index (χ3v) is 5.12. The van der Waals surface area contributed by atoms with Gasteiger partial charge in [0.05, 0.1) is 0 Å². The highest BCUT2D eigenvalue weighted by Gasteiger charge is 2.38. The molecule has 1 atom stereocenters. The fourth-order valence-electron chi connectivity index (χ4n) is 3.63. The number of likely N-dealkylation sites (N-methyl/N-ethyl adjacent to an activating group) is 1. The summed E-state index contributed by atoms with van der Waals surface area (Å²) in [5.41, 5.74) is 9.37. The lowest BCUT2D eigenvalue weighted by atomic mass is 9.76. The summed E-state index contributed by atoms with van der Waals surface area (Å²) in [6.07, 6.45) is 5.87. The highest BCUT2D eigenvalue weighted by atomic mass is 15.2. The quantitative estimate of drug-likeness (QED) is 0.882. The normalized spacial score (nSPS) is 22.8. The number of rotatable bonds is 5. The van der Waals surface area contributed by atoms with Crippen molar-refractivity contribution in [1.29, 1.82) is 0 Å². The van der Waals surface area contributed by atoms with Crippen molar-refractivity contribution >= 4 is 0 Å². The van der Waals surface area contributed by atoms with Gasteiger partial charge in [-0.05, 0) is 50.3 Å². The van der Waals surface area contributed by atoms with E-state index >= 15 is 0 Å². The molecule has 0 fully saturated rings. The molecule has 19 heavy (non-hydrogen) atoms. The molecule has 0 aliphatic heterocycles. The molecule has 0 spiro atoms. The largest absolute Gasteiger partial charge is 0.329 e. The molecule has 1 aliphatic carbocycles. The molecule has 0 saturated heterocycles. The van der Waals surface area contributed by atoms with E-state index in [0.717, 1.165) is 19.4 Å². The van der Waals surface area contributed by atoms with Crippen molar-refractivity contribution < 1.29 is 0 Å². The Labute approximate surface area is 118 Å². The molecule has 1 unspecified atom stereocenters. The van der Waals surface area contributed by atoms with Crippen LogP contribution in [0, 0.1) is 0 Å². The molecule has 2 heteroatoms. The molecule has 2 nitrogen and oxygen atoms in total. The number of hydrogen-bond acceptors (Lipinski definition) is 2. The van der Waals surface area contributed by atoms with E-state index in [9.17, 15) is 0 Å². The van der Waals surface area contributed by atoms with Crippen LogP contribution in [0.5, 0.6) is 0 Å². The van der Waals surface area contributed by atoms with Crippen molar-refractivity contribution in [3.63, 3.8) is 0 Å². The van der Waals surface area contributed by atoms with Crippen LogP contribution >= 0.6 is 0 Å². The number of fused-ring (bicyclic) bond motifs is 1. The minimum atomic E-state index is 0.158. The molecule has 1 aliphatic rings. The molecule has 0 radical (unpaired) electrons. The van der Waals surface area contributed by atoms with Gasteiger partial charge < -0.3 is 5.73 Å². The van der Waals surface area contributed by atoms with Crippen LogP contribution in [0.15, 0.2) is 24.3 Å². The predicted octanol–water partition coefficient (Wildman–Crippen LogP) is 2.99. The number of aryl methyl sites for hydroxylation is 1. The fourth-order valence-corrected chi connectivity index (χ4v) is 3.63. The van der Waals surface area contributed by atoms with Crippen molar-refractivity contribution in [2.75, 3.05) is 13.6 Å². The lowest BCUT2D eigenvalue weighted by Gasteiger charge is -2.48. The van der Waals surface area contributed by atoms with Crippen molar-refractivity contribution in [3.05, 3.63) is 35.4 Å². The topological polar surface area (TPSA) is 29.3 Å². The van der Waals surface area contributed by atoms with E-state index in [1.807, 2.05) is 0 Å². The van der Waals surface area contributed by atoms with Gasteiger partial charge in [-0.25, -0.2) is 0 Å². The van der Waals surface area contributed by atoms with E-state index in [-0.39, 0.29) is 5.54 Å². The maximum absolute atomic E-state index is 6.20. The average molecular weight is 260 g/mol. The fraction of sp³-hybridized carbons (Fsp3) is 0.647. The predicted molar refractivity (Wildman–Crippen MR) is 82.4 cm³/mol. The van der Waals surface area contributed by atoms with Crippen LogP contribution in [-0.2, 0) is 12.8 Å². The zero-order valence-corrected chi connectivity index (χ0v) is 12.7. The first-order valence-electron chi connectivity index (χ1n) is 7.66. The van der Waals surface area contributed by atoms with Gasteiger partial charge in [-0.15, -0.1) is 0 Å². The first-order valence-corrected chi connectivity index (χ1v) is 7.66. The standard InChI is InChI=1S/C17H28N2/c1-4-16(5-2)19(3)17(13-18)11-10-14-8-6-7-9-15(14)12-17/h6-9,16H,4-5,10-13,18H2,1-3H3. The Bertz CT molecular complexity index is 411. The van der Waals surface area contributed by atoms with E-state index in [2.05, 4.69) is 50.1 Å². The summed E-state index contributed by atoms with van der Waals surface area (Å²) in [5, 5.41) is 0. The molecule has 2 N–H and O–H groups in total. The van der Waals surface area contributed by atoms with Gasteiger partial charge in [0.1, 0.15) is 0 Å².